The summed E-state index contributed by atoms with van der Waals surface area (Å²) in [6.07, 6.45) is 9.90. The van der Waals surface area contributed by atoms with E-state index in [1.54, 1.807) is 0 Å². The average Bonchev–Trinajstić information content (AvgIpc) is 3.50. The van der Waals surface area contributed by atoms with Crippen LogP contribution in [0.3, 0.4) is 0 Å². The van der Waals surface area contributed by atoms with Crippen molar-refractivity contribution in [2.24, 2.45) is 11.5 Å². The lowest BCUT2D eigenvalue weighted by atomic mass is 9.81. The summed E-state index contributed by atoms with van der Waals surface area (Å²) in [5, 5.41) is 4.63. The largest absolute Gasteiger partial charge is 0.332 e. The number of nitrogens with two attached hydrogens (primary N) is 2. The Morgan fingerprint density at radius 2 is 1.41 bits per heavy atom. The Balaban J connectivity index is 1.21. The minimum absolute atomic E-state index is 0.0864. The third kappa shape index (κ3) is 5.77. The summed E-state index contributed by atoms with van der Waals surface area (Å²) >= 11 is 0. The number of fused-ring (bicyclic) bond motifs is 4. The lowest BCUT2D eigenvalue weighted by Crippen LogP contribution is -2.43. The lowest BCUT2D eigenvalue weighted by Gasteiger charge is -2.26. The van der Waals surface area contributed by atoms with Gasteiger partial charge in [0.1, 0.15) is 5.37 Å². The van der Waals surface area contributed by atoms with Crippen molar-refractivity contribution >= 4 is 43.5 Å². The van der Waals surface area contributed by atoms with E-state index in [9.17, 15) is 26.4 Å². The number of aryl methyl sites for hydroxylation is 3. The number of hydrogen-bond acceptors (Lipinski definition) is 8. The van der Waals surface area contributed by atoms with Crippen LogP contribution in [0.1, 0.15) is 102 Å². The van der Waals surface area contributed by atoms with Gasteiger partial charge in [-0.3, -0.25) is 0 Å². The first-order valence-corrected chi connectivity index (χ1v) is 19.5. The molecular formula is C32H42N6O6S2. The highest BCUT2D eigenvalue weighted by Gasteiger charge is 2.43. The number of nitrogens with one attached hydrogen (secondary N) is 4. The molecule has 5 aliphatic rings. The first-order valence-electron chi connectivity index (χ1n) is 16.3. The van der Waals surface area contributed by atoms with Crippen LogP contribution in [-0.4, -0.2) is 45.6 Å². The third-order valence-electron chi connectivity index (χ3n) is 10.6. The van der Waals surface area contributed by atoms with Crippen LogP contribution >= 0.6 is 0 Å². The van der Waals surface area contributed by atoms with Crippen molar-refractivity contribution in [1.82, 2.24) is 9.44 Å². The smallest absolute Gasteiger partial charge is 0.324 e. The Kier molecular flexibility index (Phi) is 7.65. The fraction of sp³-hybridized carbons (Fsp3) is 0.562. The number of rotatable bonds is 8. The molecule has 0 spiro atoms. The van der Waals surface area contributed by atoms with E-state index in [-0.39, 0.29) is 17.6 Å². The number of urea groups is 2. The molecule has 14 heteroatoms. The molecule has 2 aromatic carbocycles. The summed E-state index contributed by atoms with van der Waals surface area (Å²) in [5.41, 5.74) is 21.3. The molecule has 0 aromatic heterocycles. The maximum Gasteiger partial charge on any atom is 0.332 e. The van der Waals surface area contributed by atoms with Gasteiger partial charge in [-0.25, -0.2) is 35.9 Å². The van der Waals surface area contributed by atoms with Gasteiger partial charge in [0.05, 0.1) is 5.75 Å². The first kappa shape index (κ1) is 31.4. The molecular weight excluding hydrogens is 629 g/mol. The third-order valence-corrected chi connectivity index (χ3v) is 13.5. The van der Waals surface area contributed by atoms with Gasteiger partial charge in [-0.05, 0) is 140 Å². The van der Waals surface area contributed by atoms with Crippen LogP contribution in [0.2, 0.25) is 0 Å². The quantitative estimate of drug-likeness (QED) is 0.246. The van der Waals surface area contributed by atoms with Gasteiger partial charge >= 0.3 is 12.1 Å². The number of carbonyl (C=O) groups excluding carboxylic acids is 2. The van der Waals surface area contributed by atoms with E-state index in [1.807, 2.05) is 0 Å². The van der Waals surface area contributed by atoms with Gasteiger partial charge in [0.15, 0.2) is 0 Å². The molecule has 4 amide bonds. The SMILES string of the molecule is CC(N)S(=O)(=O)NC(=O)Nc1c2c(cc3c1C(C1CCc4c1cc1c(c4NC(=O)NS(=O)(=O)CC4(N)CC4)CCC1)CC3)CCC2. The van der Waals surface area contributed by atoms with Crippen LogP contribution in [0.25, 0.3) is 0 Å². The zero-order valence-electron chi connectivity index (χ0n) is 26.0. The Labute approximate surface area is 269 Å². The normalized spacial score (nSPS) is 22.8. The minimum atomic E-state index is -4.02. The van der Waals surface area contributed by atoms with Crippen molar-refractivity contribution < 1.29 is 26.4 Å². The second-order valence-corrected chi connectivity index (χ2v) is 17.7. The van der Waals surface area contributed by atoms with E-state index in [2.05, 4.69) is 32.2 Å². The van der Waals surface area contributed by atoms with E-state index in [4.69, 9.17) is 11.5 Å². The highest BCUT2D eigenvalue weighted by atomic mass is 32.2. The van der Waals surface area contributed by atoms with Crippen LogP contribution in [0.5, 0.6) is 0 Å². The molecule has 0 heterocycles. The molecule has 3 atom stereocenters. The zero-order chi connectivity index (χ0) is 32.6. The predicted octanol–water partition coefficient (Wildman–Crippen LogP) is 3.12. The van der Waals surface area contributed by atoms with E-state index in [0.717, 1.165) is 103 Å². The van der Waals surface area contributed by atoms with Gasteiger partial charge in [0.2, 0.25) is 10.0 Å². The summed E-state index contributed by atoms with van der Waals surface area (Å²) in [6, 6.07) is 2.96. The molecule has 0 saturated heterocycles. The fourth-order valence-corrected chi connectivity index (χ4v) is 10.2. The highest BCUT2D eigenvalue weighted by molar-refractivity contribution is 7.90. The second-order valence-electron chi connectivity index (χ2n) is 13.9. The molecule has 1 saturated carbocycles. The molecule has 5 aliphatic carbocycles. The minimum Gasteiger partial charge on any atom is -0.324 e. The molecule has 0 aliphatic heterocycles. The maximum atomic E-state index is 13.1. The summed E-state index contributed by atoms with van der Waals surface area (Å²) in [6.45, 7) is 1.31. The van der Waals surface area contributed by atoms with Crippen molar-refractivity contribution in [2.45, 2.75) is 107 Å². The van der Waals surface area contributed by atoms with E-state index in [1.165, 1.54) is 23.6 Å². The molecule has 0 bridgehead atoms. The van der Waals surface area contributed by atoms with Gasteiger partial charge in [0, 0.05) is 16.9 Å². The molecule has 8 N–H and O–H groups in total. The Morgan fingerprint density at radius 1 is 0.804 bits per heavy atom. The number of hydrogen-bond donors (Lipinski definition) is 6. The maximum absolute atomic E-state index is 13.1. The highest BCUT2D eigenvalue weighted by Crippen LogP contribution is 2.55. The molecule has 1 fully saturated rings. The van der Waals surface area contributed by atoms with Gasteiger partial charge in [-0.2, -0.15) is 0 Å². The molecule has 12 nitrogen and oxygen atoms in total. The van der Waals surface area contributed by atoms with Crippen molar-refractivity contribution in [3.63, 3.8) is 0 Å². The first-order chi connectivity index (χ1) is 21.7. The number of anilines is 2. The van der Waals surface area contributed by atoms with Crippen LogP contribution in [0.4, 0.5) is 21.0 Å². The number of benzene rings is 2. The van der Waals surface area contributed by atoms with Crippen LogP contribution in [0, 0.1) is 0 Å². The molecule has 2 aromatic rings. The van der Waals surface area contributed by atoms with E-state index >= 15 is 0 Å². The molecule has 248 valence electrons. The summed E-state index contributed by atoms with van der Waals surface area (Å²) in [4.78, 5) is 26.2. The van der Waals surface area contributed by atoms with Crippen molar-refractivity contribution in [2.75, 3.05) is 16.4 Å². The predicted molar refractivity (Wildman–Crippen MR) is 176 cm³/mol. The summed E-state index contributed by atoms with van der Waals surface area (Å²) in [5.74, 6) is -0.0720. The Hall–Kier alpha value is -3.20. The van der Waals surface area contributed by atoms with Crippen molar-refractivity contribution in [3.8, 4) is 0 Å². The second kappa shape index (κ2) is 11.2. The van der Waals surface area contributed by atoms with Crippen molar-refractivity contribution in [3.05, 3.63) is 56.6 Å². The zero-order valence-corrected chi connectivity index (χ0v) is 27.6. The molecule has 3 unspecified atom stereocenters. The Bertz CT molecular complexity index is 1870. The number of carbonyl (C=O) groups is 2. The number of amides is 4. The topological polar surface area (TPSA) is 203 Å². The Morgan fingerprint density at radius 3 is 2.09 bits per heavy atom. The standard InChI is InChI=1S/C32H42N6O6S2/c1-17(33)46(43,44)38-31(40)36-29-22-7-2-4-18(22)14-20-8-9-24(27(20)29)23-10-11-25-26(23)15-19-5-3-6-21(19)28(25)35-30(39)37-45(41,42)16-32(34)12-13-32/h14-15,17,23-24H,2-13,16,33-34H2,1H3,(H2,35,37,39)(H2,36,38,40). The average molecular weight is 671 g/mol. The van der Waals surface area contributed by atoms with Crippen LogP contribution < -0.4 is 31.5 Å². The summed E-state index contributed by atoms with van der Waals surface area (Å²) < 4.78 is 54.4. The molecule has 46 heavy (non-hydrogen) atoms. The summed E-state index contributed by atoms with van der Waals surface area (Å²) in [7, 11) is -7.91. The van der Waals surface area contributed by atoms with E-state index in [0.29, 0.717) is 12.8 Å². The van der Waals surface area contributed by atoms with Gasteiger partial charge in [0.25, 0.3) is 10.0 Å². The molecule has 7 rings (SSSR count). The van der Waals surface area contributed by atoms with Crippen LogP contribution in [0.15, 0.2) is 12.1 Å². The fourth-order valence-electron chi connectivity index (χ4n) is 8.25. The molecule has 0 radical (unpaired) electrons. The van der Waals surface area contributed by atoms with Crippen molar-refractivity contribution in [1.29, 1.82) is 0 Å². The van der Waals surface area contributed by atoms with Gasteiger partial charge in [-0.15, -0.1) is 0 Å². The van der Waals surface area contributed by atoms with E-state index < -0.39 is 43.0 Å². The lowest BCUT2D eigenvalue weighted by molar-refractivity contribution is 0.255. The van der Waals surface area contributed by atoms with Gasteiger partial charge in [-0.1, -0.05) is 12.1 Å². The van der Waals surface area contributed by atoms with Gasteiger partial charge < -0.3 is 22.1 Å². The number of sulfonamides is 2. The van der Waals surface area contributed by atoms with Crippen LogP contribution in [-0.2, 0) is 58.6 Å². The monoisotopic (exact) mass is 670 g/mol.